The van der Waals surface area contributed by atoms with Crippen LogP contribution in [0, 0.1) is 6.20 Å². The fourth-order valence-corrected chi connectivity index (χ4v) is 1.62. The molecule has 0 atom stereocenters. The highest BCUT2D eigenvalue weighted by Gasteiger charge is 2.07. The van der Waals surface area contributed by atoms with E-state index in [4.69, 9.17) is 10.5 Å². The molecule has 3 N–H and O–H groups in total. The minimum absolute atomic E-state index is 0.254. The van der Waals surface area contributed by atoms with Gasteiger partial charge >= 0.3 is 0 Å². The van der Waals surface area contributed by atoms with E-state index in [1.54, 1.807) is 10.8 Å². The first-order chi connectivity index (χ1) is 9.25. The molecule has 1 aromatic heterocycles. The van der Waals surface area contributed by atoms with Crippen LogP contribution in [0.4, 0.5) is 0 Å². The molecule has 0 aromatic carbocycles. The second-order valence-corrected chi connectivity index (χ2v) is 4.32. The molecular weight excluding hydrogens is 244 g/mol. The third kappa shape index (κ3) is 6.35. The monoisotopic (exact) mass is 267 g/mol. The van der Waals surface area contributed by atoms with Crippen LogP contribution < -0.4 is 11.1 Å². The minimum atomic E-state index is -0.523. The third-order valence-corrected chi connectivity index (χ3v) is 2.69. The van der Waals surface area contributed by atoms with Crippen molar-refractivity contribution in [3.05, 3.63) is 18.2 Å². The molecule has 0 aliphatic heterocycles. The van der Waals surface area contributed by atoms with Crippen LogP contribution in [0.2, 0.25) is 0 Å². The van der Waals surface area contributed by atoms with Gasteiger partial charge in [0, 0.05) is 32.5 Å². The average molecular weight is 267 g/mol. The number of amides is 1. The van der Waals surface area contributed by atoms with Gasteiger partial charge in [0.2, 0.25) is 0 Å². The number of nitrogens with zero attached hydrogens (tertiary/aromatic N) is 2. The van der Waals surface area contributed by atoms with Gasteiger partial charge in [0.25, 0.3) is 5.91 Å². The maximum Gasteiger partial charge on any atom is 0.284 e. The highest BCUT2D eigenvalue weighted by molar-refractivity contribution is 5.89. The molecule has 0 aliphatic carbocycles. The first-order valence-corrected chi connectivity index (χ1v) is 6.77. The summed E-state index contributed by atoms with van der Waals surface area (Å²) in [6.07, 6.45) is 7.54. The fourth-order valence-electron chi connectivity index (χ4n) is 1.62. The van der Waals surface area contributed by atoms with Crippen molar-refractivity contribution in [2.45, 2.75) is 32.7 Å². The Morgan fingerprint density at radius 3 is 3.00 bits per heavy atom. The van der Waals surface area contributed by atoms with Gasteiger partial charge in [-0.2, -0.15) is 0 Å². The van der Waals surface area contributed by atoms with Crippen molar-refractivity contribution < 1.29 is 9.53 Å². The number of aromatic nitrogens is 2. The van der Waals surface area contributed by atoms with Gasteiger partial charge < -0.3 is 20.4 Å². The molecule has 1 aromatic rings. The normalized spacial score (nSPS) is 10.8. The van der Waals surface area contributed by atoms with E-state index in [-0.39, 0.29) is 5.82 Å². The molecule has 0 fully saturated rings. The largest absolute Gasteiger partial charge is 0.381 e. The van der Waals surface area contributed by atoms with E-state index in [0.717, 1.165) is 39.1 Å². The molecule has 6 nitrogen and oxygen atoms in total. The number of ether oxygens (including phenoxy) is 1. The zero-order chi connectivity index (χ0) is 13.9. The molecule has 0 unspecified atom stereocenters. The van der Waals surface area contributed by atoms with Crippen molar-refractivity contribution in [2.24, 2.45) is 5.73 Å². The standard InChI is InChI=1S/C13H23N4O2/c1-2-3-10-19-11-4-5-15-6-8-17-9-7-16-13(17)12(14)18/h9,15H,2-6,8,10-11H2,1H3,(H2,14,18). The number of primary amides is 1. The number of nitrogens with one attached hydrogen (secondary N) is 1. The van der Waals surface area contributed by atoms with Crippen LogP contribution in [0.15, 0.2) is 6.20 Å². The predicted molar refractivity (Wildman–Crippen MR) is 72.8 cm³/mol. The van der Waals surface area contributed by atoms with E-state index in [2.05, 4.69) is 23.4 Å². The van der Waals surface area contributed by atoms with Crippen molar-refractivity contribution in [3.63, 3.8) is 0 Å². The van der Waals surface area contributed by atoms with Gasteiger partial charge in [0.1, 0.15) is 6.20 Å². The summed E-state index contributed by atoms with van der Waals surface area (Å²) >= 11 is 0. The second kappa shape index (κ2) is 9.52. The highest BCUT2D eigenvalue weighted by Crippen LogP contribution is 1.95. The van der Waals surface area contributed by atoms with Gasteiger partial charge in [-0.05, 0) is 19.4 Å². The fraction of sp³-hybridized carbons (Fsp3) is 0.692. The van der Waals surface area contributed by atoms with Gasteiger partial charge in [0.15, 0.2) is 5.82 Å². The summed E-state index contributed by atoms with van der Waals surface area (Å²) in [5, 5.41) is 3.29. The summed E-state index contributed by atoms with van der Waals surface area (Å²) in [5.74, 6) is -0.268. The van der Waals surface area contributed by atoms with Gasteiger partial charge in [-0.15, -0.1) is 0 Å². The molecular formula is C13H23N4O2. The smallest absolute Gasteiger partial charge is 0.284 e. The van der Waals surface area contributed by atoms with E-state index in [0.29, 0.717) is 6.54 Å². The second-order valence-electron chi connectivity index (χ2n) is 4.32. The zero-order valence-corrected chi connectivity index (χ0v) is 11.5. The predicted octanol–water partition coefficient (Wildman–Crippen LogP) is 0.579. The van der Waals surface area contributed by atoms with Crippen LogP contribution in [0.25, 0.3) is 0 Å². The quantitative estimate of drug-likeness (QED) is 0.575. The van der Waals surface area contributed by atoms with E-state index in [1.165, 1.54) is 6.42 Å². The lowest BCUT2D eigenvalue weighted by molar-refractivity contribution is 0.0986. The third-order valence-electron chi connectivity index (χ3n) is 2.69. The maximum atomic E-state index is 11.0. The number of rotatable bonds is 11. The molecule has 0 bridgehead atoms. The van der Waals surface area contributed by atoms with Crippen molar-refractivity contribution in [1.82, 2.24) is 14.9 Å². The lowest BCUT2D eigenvalue weighted by Crippen LogP contribution is -2.25. The summed E-state index contributed by atoms with van der Waals surface area (Å²) in [7, 11) is 0. The van der Waals surface area contributed by atoms with Gasteiger partial charge in [-0.3, -0.25) is 4.79 Å². The van der Waals surface area contributed by atoms with Crippen LogP contribution >= 0.6 is 0 Å². The molecule has 1 radical (unpaired) electrons. The Morgan fingerprint density at radius 2 is 2.26 bits per heavy atom. The number of carbonyl (C=O) groups is 1. The summed E-state index contributed by atoms with van der Waals surface area (Å²) < 4.78 is 7.16. The number of unbranched alkanes of at least 4 members (excludes halogenated alkanes) is 1. The van der Waals surface area contributed by atoms with Crippen LogP contribution in [0.1, 0.15) is 36.8 Å². The van der Waals surface area contributed by atoms with Crippen molar-refractivity contribution in [2.75, 3.05) is 26.3 Å². The Bertz CT molecular complexity index is 365. The van der Waals surface area contributed by atoms with Crippen LogP contribution in [0.3, 0.4) is 0 Å². The SMILES string of the molecule is CCCCOCCCNCCn1c[c]nc1C(N)=O. The van der Waals surface area contributed by atoms with Crippen molar-refractivity contribution in [1.29, 1.82) is 0 Å². The Kier molecular flexibility index (Phi) is 7.84. The Balaban J connectivity index is 2.02. The van der Waals surface area contributed by atoms with E-state index in [9.17, 15) is 4.79 Å². The molecule has 0 spiro atoms. The van der Waals surface area contributed by atoms with E-state index < -0.39 is 5.91 Å². The van der Waals surface area contributed by atoms with E-state index in [1.807, 2.05) is 0 Å². The van der Waals surface area contributed by atoms with Crippen molar-refractivity contribution in [3.8, 4) is 0 Å². The molecule has 0 saturated carbocycles. The summed E-state index contributed by atoms with van der Waals surface area (Å²) in [6, 6.07) is 0. The minimum Gasteiger partial charge on any atom is -0.381 e. The average Bonchev–Trinajstić information content (AvgIpc) is 2.85. The highest BCUT2D eigenvalue weighted by atomic mass is 16.5. The number of hydrogen-bond donors (Lipinski definition) is 2. The molecule has 107 valence electrons. The number of carbonyl (C=O) groups excluding carboxylic acids is 1. The van der Waals surface area contributed by atoms with Crippen LogP contribution in [-0.2, 0) is 11.3 Å². The molecule has 1 heterocycles. The summed E-state index contributed by atoms with van der Waals surface area (Å²) in [5.41, 5.74) is 5.19. The molecule has 0 saturated heterocycles. The van der Waals surface area contributed by atoms with Gasteiger partial charge in [0.05, 0.1) is 0 Å². The Morgan fingerprint density at radius 1 is 1.47 bits per heavy atom. The van der Waals surface area contributed by atoms with E-state index >= 15 is 0 Å². The number of nitrogens with two attached hydrogens (primary N) is 1. The lowest BCUT2D eigenvalue weighted by Gasteiger charge is -2.07. The van der Waals surface area contributed by atoms with Gasteiger partial charge in [-0.1, -0.05) is 13.3 Å². The van der Waals surface area contributed by atoms with Crippen molar-refractivity contribution >= 4 is 5.91 Å². The molecule has 6 heteroatoms. The van der Waals surface area contributed by atoms with Gasteiger partial charge in [-0.25, -0.2) is 4.98 Å². The Labute approximate surface area is 114 Å². The summed E-state index contributed by atoms with van der Waals surface area (Å²) in [6.45, 7) is 6.11. The molecule has 0 aliphatic rings. The van der Waals surface area contributed by atoms with Crippen LogP contribution in [-0.4, -0.2) is 41.8 Å². The first kappa shape index (κ1) is 15.7. The number of imidazole rings is 1. The topological polar surface area (TPSA) is 82.2 Å². The zero-order valence-electron chi connectivity index (χ0n) is 11.5. The number of hydrogen-bond acceptors (Lipinski definition) is 4. The molecule has 19 heavy (non-hydrogen) atoms. The lowest BCUT2D eigenvalue weighted by atomic mass is 10.3. The van der Waals surface area contributed by atoms with Crippen LogP contribution in [0.5, 0.6) is 0 Å². The first-order valence-electron chi connectivity index (χ1n) is 6.77. The maximum absolute atomic E-state index is 11.0. The molecule has 1 amide bonds. The summed E-state index contributed by atoms with van der Waals surface area (Å²) in [4.78, 5) is 14.8. The Hall–Kier alpha value is -1.40. The molecule has 1 rings (SSSR count).